The first-order valence-corrected chi connectivity index (χ1v) is 24.0. The fourth-order valence-electron chi connectivity index (χ4n) is 8.63. The van der Waals surface area contributed by atoms with Crippen LogP contribution in [0.25, 0.3) is 22.3 Å². The Kier molecular flexibility index (Phi) is 23.3. The molecule has 0 radical (unpaired) electrons. The molecule has 4 aliphatic rings. The van der Waals surface area contributed by atoms with Crippen LogP contribution < -0.4 is 67.4 Å². The smallest absolute Gasteiger partial charge is 0.540 e. The Morgan fingerprint density at radius 3 is 2.19 bits per heavy atom. The number of nitrogens with one attached hydrogen (secondary N) is 5. The first-order valence-electron chi connectivity index (χ1n) is 23.2. The van der Waals surface area contributed by atoms with Crippen LogP contribution >= 0.6 is 12.6 Å². The van der Waals surface area contributed by atoms with Gasteiger partial charge in [-0.05, 0) is 86.4 Å². The van der Waals surface area contributed by atoms with Crippen LogP contribution in [-0.4, -0.2) is 127 Å². The van der Waals surface area contributed by atoms with Gasteiger partial charge >= 0.3 is 35.5 Å². The molecule has 0 saturated carbocycles. The minimum atomic E-state index is -1.09. The Morgan fingerprint density at radius 2 is 1.51 bits per heavy atom. The van der Waals surface area contributed by atoms with Crippen molar-refractivity contribution in [3.63, 3.8) is 0 Å². The molecule has 4 aromatic rings. The zero-order chi connectivity index (χ0) is 53.4. The number of hydrogen-bond acceptors (Lipinski definition) is 15. The Labute approximate surface area is 453 Å². The molecule has 2 aromatic heterocycles. The van der Waals surface area contributed by atoms with Crippen LogP contribution in [0.3, 0.4) is 0 Å². The topological polar surface area (TPSA) is 296 Å². The number of halogens is 1. The SMILES string of the molecule is CCC1C(=O)OCc2c1cc1n(c2=O)Cc2c-1nc1cc(F)c(C)c3c1c2CCC3.CN.CS.O=[C-]COCNC(=O)CNC(=O)C(Cc1ccccc1)NC(=O)CNC(=O)CNC(=O)CN1C(=O)C=CC1=O.[Na+]. The number of carbonyl (C=O) groups is 8. The van der Waals surface area contributed by atoms with E-state index in [0.29, 0.717) is 34.5 Å². The van der Waals surface area contributed by atoms with E-state index in [9.17, 15) is 52.3 Å². The summed E-state index contributed by atoms with van der Waals surface area (Å²) in [6, 6.07) is 11.1. The number of esters is 1. The summed E-state index contributed by atoms with van der Waals surface area (Å²) in [5.41, 5.74) is 12.6. The van der Waals surface area contributed by atoms with Gasteiger partial charge in [0.1, 0.15) is 31.7 Å². The summed E-state index contributed by atoms with van der Waals surface area (Å²) in [5.74, 6) is -5.68. The van der Waals surface area contributed by atoms with Crippen molar-refractivity contribution in [2.24, 2.45) is 5.73 Å². The molecular weight excluding hydrogens is 993 g/mol. The predicted molar refractivity (Wildman–Crippen MR) is 267 cm³/mol. The molecule has 7 amide bonds. The average molecular weight is 1050 g/mol. The monoisotopic (exact) mass is 1050 g/mol. The number of fused-ring (bicyclic) bond motifs is 5. The van der Waals surface area contributed by atoms with Crippen molar-refractivity contribution in [2.45, 2.75) is 71.1 Å². The predicted octanol–water partition coefficient (Wildman–Crippen LogP) is -2.78. The van der Waals surface area contributed by atoms with Gasteiger partial charge in [0.05, 0.1) is 54.6 Å². The molecule has 1 aliphatic carbocycles. The normalized spacial score (nSPS) is 14.6. The number of aromatic nitrogens is 2. The molecule has 74 heavy (non-hydrogen) atoms. The van der Waals surface area contributed by atoms with Crippen molar-refractivity contribution in [2.75, 3.05) is 52.8 Å². The molecule has 24 heteroatoms. The van der Waals surface area contributed by atoms with Crippen LogP contribution in [0.4, 0.5) is 4.39 Å². The number of nitrogens with zero attached hydrogens (tertiary/aromatic N) is 3. The van der Waals surface area contributed by atoms with Gasteiger partial charge in [-0.3, -0.25) is 48.1 Å². The van der Waals surface area contributed by atoms with Gasteiger partial charge in [0.2, 0.25) is 29.5 Å². The number of imide groups is 1. The van der Waals surface area contributed by atoms with Gasteiger partial charge in [0.25, 0.3) is 17.4 Å². The van der Waals surface area contributed by atoms with Crippen LogP contribution in [0, 0.1) is 12.7 Å². The third-order valence-corrected chi connectivity index (χ3v) is 12.1. The Morgan fingerprint density at radius 1 is 0.878 bits per heavy atom. The van der Waals surface area contributed by atoms with Crippen LogP contribution in [-0.2, 0) is 85.0 Å². The molecule has 5 heterocycles. The number of rotatable bonds is 17. The summed E-state index contributed by atoms with van der Waals surface area (Å²) in [4.78, 5) is 125. The maximum absolute atomic E-state index is 14.6. The van der Waals surface area contributed by atoms with E-state index in [1.165, 1.54) is 25.0 Å². The molecule has 2 unspecified atom stereocenters. The summed E-state index contributed by atoms with van der Waals surface area (Å²) in [6.07, 6.45) is 8.61. The van der Waals surface area contributed by atoms with Gasteiger partial charge in [-0.15, -0.1) is 0 Å². The number of amides is 7. The standard InChI is InChI=1S/C24H21FN2O3.C24H27N6O9.CH5N.CH4S.Na/c1-3-12-15-7-20-22-16(9-27(20)23(28)17(15)10-30-24(12)29)14-6-4-5-13-11(2)18(25)8-19(26-22)21(13)14;31-8-9-39-15-28-19(33)12-27-24(38)17(10-16-4-2-1-3-5-16)29-20(34)13-25-18(32)11-26-21(35)14-30-22(36)6-7-23(30)37;2*1-2;/h7-8,12H,3-6,9-10H2,1-2H3;1-7,17H,9-15H2,(H,25,32)(H,26,35)(H,27,38)(H,28,33)(H,29,34);2H2,1H3;2H,1H3;/q;-1;;;+1. The van der Waals surface area contributed by atoms with Crippen LogP contribution in [0.1, 0.15) is 64.6 Å². The van der Waals surface area contributed by atoms with E-state index in [1.807, 2.05) is 19.9 Å². The molecule has 388 valence electrons. The van der Waals surface area contributed by atoms with Crippen molar-refractivity contribution < 1.29 is 86.6 Å². The molecule has 2 atom stereocenters. The van der Waals surface area contributed by atoms with E-state index in [-0.39, 0.29) is 73.3 Å². The maximum atomic E-state index is 14.6. The third kappa shape index (κ3) is 14.6. The van der Waals surface area contributed by atoms with Gasteiger partial charge in [0, 0.05) is 35.6 Å². The molecule has 2 aromatic carbocycles. The number of ether oxygens (including phenoxy) is 2. The van der Waals surface area contributed by atoms with Crippen LogP contribution in [0.5, 0.6) is 0 Å². The maximum Gasteiger partial charge on any atom is 1.00 e. The average Bonchev–Trinajstić information content (AvgIpc) is 3.93. The quantitative estimate of drug-likeness (QED) is 0.00944. The van der Waals surface area contributed by atoms with Crippen molar-refractivity contribution in [3.05, 3.63) is 110 Å². The van der Waals surface area contributed by atoms with E-state index < -0.39 is 79.5 Å². The number of hydrogen-bond donors (Lipinski definition) is 7. The zero-order valence-corrected chi connectivity index (χ0v) is 44.6. The molecular formula is C50H57FN9NaO12S. The second kappa shape index (κ2) is 28.7. The molecule has 0 bridgehead atoms. The number of aryl methyl sites for hydroxylation is 2. The van der Waals surface area contributed by atoms with E-state index >= 15 is 0 Å². The van der Waals surface area contributed by atoms with Crippen molar-refractivity contribution in [1.29, 1.82) is 0 Å². The van der Waals surface area contributed by atoms with Gasteiger partial charge in [0.15, 0.2) is 0 Å². The minimum Gasteiger partial charge on any atom is -0.540 e. The second-order valence-electron chi connectivity index (χ2n) is 16.5. The van der Waals surface area contributed by atoms with Crippen molar-refractivity contribution >= 4 is 77.1 Å². The Bertz CT molecular complexity index is 2870. The van der Waals surface area contributed by atoms with Crippen molar-refractivity contribution in [3.8, 4) is 11.4 Å². The van der Waals surface area contributed by atoms with Gasteiger partial charge in [-0.25, -0.2) is 15.7 Å². The summed E-state index contributed by atoms with van der Waals surface area (Å²) < 4.78 is 26.3. The van der Waals surface area contributed by atoms with E-state index in [0.717, 1.165) is 70.4 Å². The number of pyridine rings is 2. The van der Waals surface area contributed by atoms with E-state index in [2.05, 4.69) is 44.9 Å². The second-order valence-corrected chi connectivity index (χ2v) is 16.5. The Hall–Kier alpha value is -6.63. The Balaban J connectivity index is 0.000000303. The summed E-state index contributed by atoms with van der Waals surface area (Å²) in [7, 11) is 1.50. The minimum absolute atomic E-state index is 0. The fourth-order valence-corrected chi connectivity index (χ4v) is 8.63. The number of thiol groups is 1. The molecule has 7 N–H and O–H groups in total. The molecule has 0 saturated heterocycles. The third-order valence-electron chi connectivity index (χ3n) is 12.1. The van der Waals surface area contributed by atoms with Crippen LogP contribution in [0.15, 0.2) is 59.4 Å². The van der Waals surface area contributed by atoms with Crippen LogP contribution in [0.2, 0.25) is 0 Å². The largest absolute Gasteiger partial charge is 1.00 e. The number of carbonyl (C=O) groups excluding carboxylic acids is 9. The van der Waals surface area contributed by atoms with Gasteiger partial charge in [-0.1, -0.05) is 37.3 Å². The molecule has 8 rings (SSSR count). The zero-order valence-electron chi connectivity index (χ0n) is 41.7. The van der Waals surface area contributed by atoms with Gasteiger partial charge < -0.3 is 51.2 Å². The first-order chi connectivity index (χ1) is 35.2. The molecule has 3 aliphatic heterocycles. The first kappa shape index (κ1) is 59.9. The van der Waals surface area contributed by atoms with E-state index in [4.69, 9.17) is 14.5 Å². The summed E-state index contributed by atoms with van der Waals surface area (Å²) in [5, 5.41) is 12.8. The molecule has 0 spiro atoms. The fraction of sp³-hybridized carbons (Fsp3) is 0.380. The number of cyclic esters (lactones) is 1. The summed E-state index contributed by atoms with van der Waals surface area (Å²) in [6.45, 7) is 1.65. The molecule has 21 nitrogen and oxygen atoms in total. The number of nitrogens with two attached hydrogens (primary N) is 1. The van der Waals surface area contributed by atoms with Crippen molar-refractivity contribution in [1.82, 2.24) is 41.0 Å². The molecule has 0 fully saturated rings. The number of benzene rings is 2. The van der Waals surface area contributed by atoms with Gasteiger partial charge in [-0.2, -0.15) is 12.6 Å². The van der Waals surface area contributed by atoms with E-state index in [1.54, 1.807) is 41.2 Å². The summed E-state index contributed by atoms with van der Waals surface area (Å²) >= 11 is 3.53.